The second kappa shape index (κ2) is 7.53. The van der Waals surface area contributed by atoms with Crippen LogP contribution < -0.4 is 5.32 Å². The average molecular weight is 396 g/mol. The maximum absolute atomic E-state index is 13.1. The minimum atomic E-state index is -4.68. The van der Waals surface area contributed by atoms with Gasteiger partial charge in [-0.2, -0.15) is 18.3 Å². The van der Waals surface area contributed by atoms with E-state index in [9.17, 15) is 22.8 Å². The third-order valence-corrected chi connectivity index (χ3v) is 4.82. The van der Waals surface area contributed by atoms with Gasteiger partial charge in [-0.15, -0.1) is 0 Å². The summed E-state index contributed by atoms with van der Waals surface area (Å²) in [5.41, 5.74) is 1.51. The number of urea groups is 1. The number of carboxylic acids is 1. The summed E-state index contributed by atoms with van der Waals surface area (Å²) in [6.45, 7) is 0.545. The van der Waals surface area contributed by atoms with Gasteiger partial charge in [-0.3, -0.25) is 4.79 Å². The number of benzene rings is 1. The molecular formula is C18H19F3N4O3. The molecule has 2 amide bonds. The SMILES string of the molecule is CC(NC(=O)N1C[C@@H](C(F)(F)F)[C@H](C(=O)O)C1)c1cccc(-n2cccn2)c1. The Labute approximate surface area is 158 Å². The van der Waals surface area contributed by atoms with Gasteiger partial charge < -0.3 is 15.3 Å². The molecule has 0 aliphatic carbocycles. The summed E-state index contributed by atoms with van der Waals surface area (Å²) in [4.78, 5) is 24.5. The largest absolute Gasteiger partial charge is 0.481 e. The zero-order valence-corrected chi connectivity index (χ0v) is 14.9. The first kappa shape index (κ1) is 19.7. The van der Waals surface area contributed by atoms with Crippen molar-refractivity contribution in [2.24, 2.45) is 11.8 Å². The number of hydrogen-bond donors (Lipinski definition) is 2. The lowest BCUT2D eigenvalue weighted by Crippen LogP contribution is -2.40. The number of aliphatic carboxylic acids is 1. The third kappa shape index (κ3) is 4.10. The average Bonchev–Trinajstić information content (AvgIpc) is 3.31. The lowest BCUT2D eigenvalue weighted by atomic mass is 9.96. The van der Waals surface area contributed by atoms with Crippen molar-refractivity contribution in [3.63, 3.8) is 0 Å². The van der Waals surface area contributed by atoms with Crippen molar-refractivity contribution in [3.8, 4) is 5.69 Å². The van der Waals surface area contributed by atoms with Crippen LogP contribution in [0.1, 0.15) is 18.5 Å². The zero-order valence-electron chi connectivity index (χ0n) is 14.9. The molecular weight excluding hydrogens is 377 g/mol. The molecule has 2 aromatic rings. The van der Waals surface area contributed by atoms with Gasteiger partial charge in [-0.05, 0) is 30.7 Å². The summed E-state index contributed by atoms with van der Waals surface area (Å²) >= 11 is 0. The van der Waals surface area contributed by atoms with Crippen molar-refractivity contribution in [1.82, 2.24) is 20.0 Å². The first-order valence-corrected chi connectivity index (χ1v) is 8.61. The molecule has 0 radical (unpaired) electrons. The fourth-order valence-electron chi connectivity index (χ4n) is 3.27. The van der Waals surface area contributed by atoms with Gasteiger partial charge in [-0.1, -0.05) is 12.1 Å². The van der Waals surface area contributed by atoms with E-state index < -0.39 is 49.1 Å². The molecule has 3 atom stereocenters. The fraction of sp³-hybridized carbons (Fsp3) is 0.389. The Morgan fingerprint density at radius 2 is 2.04 bits per heavy atom. The molecule has 1 saturated heterocycles. The Hall–Kier alpha value is -3.04. The Morgan fingerprint density at radius 3 is 2.61 bits per heavy atom. The molecule has 7 nitrogen and oxygen atoms in total. The van der Waals surface area contributed by atoms with Crippen LogP contribution in [0.25, 0.3) is 5.69 Å². The molecule has 1 fully saturated rings. The number of likely N-dealkylation sites (tertiary alicyclic amines) is 1. The topological polar surface area (TPSA) is 87.5 Å². The molecule has 0 saturated carbocycles. The van der Waals surface area contributed by atoms with Gasteiger partial charge in [0.2, 0.25) is 0 Å². The van der Waals surface area contributed by atoms with E-state index in [1.807, 2.05) is 6.07 Å². The van der Waals surface area contributed by atoms with Gasteiger partial charge in [0.05, 0.1) is 23.6 Å². The first-order chi connectivity index (χ1) is 13.2. The molecule has 1 aliphatic heterocycles. The summed E-state index contributed by atoms with van der Waals surface area (Å²) in [5.74, 6) is -5.30. The first-order valence-electron chi connectivity index (χ1n) is 8.61. The number of carbonyl (C=O) groups excluding carboxylic acids is 1. The van der Waals surface area contributed by atoms with Crippen molar-refractivity contribution in [1.29, 1.82) is 0 Å². The molecule has 1 aromatic heterocycles. The summed E-state index contributed by atoms with van der Waals surface area (Å²) in [6, 6.07) is 7.75. The van der Waals surface area contributed by atoms with Crippen LogP contribution in [0.2, 0.25) is 0 Å². The highest BCUT2D eigenvalue weighted by atomic mass is 19.4. The smallest absolute Gasteiger partial charge is 0.394 e. The highest BCUT2D eigenvalue weighted by Crippen LogP contribution is 2.37. The molecule has 3 rings (SSSR count). The van der Waals surface area contributed by atoms with Crippen LogP contribution in [0.5, 0.6) is 0 Å². The monoisotopic (exact) mass is 396 g/mol. The Bertz CT molecular complexity index is 854. The predicted molar refractivity (Wildman–Crippen MR) is 92.8 cm³/mol. The van der Waals surface area contributed by atoms with Gasteiger partial charge in [0.15, 0.2) is 0 Å². The van der Waals surface area contributed by atoms with E-state index in [2.05, 4.69) is 10.4 Å². The van der Waals surface area contributed by atoms with E-state index in [-0.39, 0.29) is 0 Å². The number of hydrogen-bond acceptors (Lipinski definition) is 3. The molecule has 0 bridgehead atoms. The van der Waals surface area contributed by atoms with Gasteiger partial charge in [0.25, 0.3) is 0 Å². The maximum Gasteiger partial charge on any atom is 0.394 e. The second-order valence-corrected chi connectivity index (χ2v) is 6.71. The number of aromatic nitrogens is 2. The number of alkyl halides is 3. The van der Waals surface area contributed by atoms with E-state index in [1.165, 1.54) is 0 Å². The second-order valence-electron chi connectivity index (χ2n) is 6.71. The molecule has 2 heterocycles. The van der Waals surface area contributed by atoms with Gasteiger partial charge in [0, 0.05) is 25.5 Å². The highest BCUT2D eigenvalue weighted by molar-refractivity contribution is 5.78. The summed E-state index contributed by atoms with van der Waals surface area (Å²) in [7, 11) is 0. The Balaban J connectivity index is 1.69. The van der Waals surface area contributed by atoms with Crippen LogP contribution in [0.3, 0.4) is 0 Å². The molecule has 1 unspecified atom stereocenters. The van der Waals surface area contributed by atoms with Gasteiger partial charge in [0.1, 0.15) is 0 Å². The third-order valence-electron chi connectivity index (χ3n) is 4.82. The van der Waals surface area contributed by atoms with Crippen molar-refractivity contribution in [3.05, 3.63) is 48.3 Å². The van der Waals surface area contributed by atoms with Crippen molar-refractivity contribution >= 4 is 12.0 Å². The zero-order chi connectivity index (χ0) is 20.5. The predicted octanol–water partition coefficient (Wildman–Crippen LogP) is 2.84. The van der Waals surface area contributed by atoms with E-state index in [4.69, 9.17) is 5.11 Å². The molecule has 1 aromatic carbocycles. The normalized spacial score (nSPS) is 20.8. The number of halogens is 3. The van der Waals surface area contributed by atoms with Crippen LogP contribution in [-0.4, -0.2) is 51.1 Å². The van der Waals surface area contributed by atoms with Crippen LogP contribution in [-0.2, 0) is 4.79 Å². The van der Waals surface area contributed by atoms with Crippen LogP contribution in [0.4, 0.5) is 18.0 Å². The standard InChI is InChI=1S/C18H19F3N4O3/c1-11(12-4-2-5-13(8-12)25-7-3-6-22-25)23-17(28)24-9-14(16(26)27)15(10-24)18(19,20)21/h2-8,11,14-15H,9-10H2,1H3,(H,23,28)(H,26,27)/t11?,14-,15-/m1/s1. The van der Waals surface area contributed by atoms with E-state index >= 15 is 0 Å². The quantitative estimate of drug-likeness (QED) is 0.832. The maximum atomic E-state index is 13.1. The molecule has 0 spiro atoms. The van der Waals surface area contributed by atoms with E-state index in [1.54, 1.807) is 48.3 Å². The van der Waals surface area contributed by atoms with Crippen LogP contribution >= 0.6 is 0 Å². The molecule has 28 heavy (non-hydrogen) atoms. The Kier molecular flexibility index (Phi) is 5.30. The molecule has 1 aliphatic rings. The summed E-state index contributed by atoms with van der Waals surface area (Å²) < 4.78 is 40.9. The summed E-state index contributed by atoms with van der Waals surface area (Å²) in [6.07, 6.45) is -1.29. The molecule has 150 valence electrons. The van der Waals surface area contributed by atoms with E-state index in [0.717, 1.165) is 16.2 Å². The lowest BCUT2D eigenvalue weighted by molar-refractivity contribution is -0.187. The minimum absolute atomic E-state index is 0.481. The van der Waals surface area contributed by atoms with Gasteiger partial charge in [-0.25, -0.2) is 9.48 Å². The number of nitrogens with zero attached hydrogens (tertiary/aromatic N) is 3. The van der Waals surface area contributed by atoms with Crippen molar-refractivity contribution in [2.45, 2.75) is 19.1 Å². The number of rotatable bonds is 4. The number of carbonyl (C=O) groups is 2. The van der Waals surface area contributed by atoms with E-state index in [0.29, 0.717) is 0 Å². The van der Waals surface area contributed by atoms with Gasteiger partial charge >= 0.3 is 18.2 Å². The molecule has 10 heteroatoms. The van der Waals surface area contributed by atoms with Crippen molar-refractivity contribution < 1.29 is 27.9 Å². The van der Waals surface area contributed by atoms with Crippen LogP contribution in [0, 0.1) is 11.8 Å². The fourth-order valence-corrected chi connectivity index (χ4v) is 3.27. The number of carboxylic acid groups (broad SMARTS) is 1. The lowest BCUT2D eigenvalue weighted by Gasteiger charge is -2.22. The van der Waals surface area contributed by atoms with Crippen molar-refractivity contribution in [2.75, 3.05) is 13.1 Å². The Morgan fingerprint density at radius 1 is 1.29 bits per heavy atom. The summed E-state index contributed by atoms with van der Waals surface area (Å²) in [5, 5.41) is 15.8. The highest BCUT2D eigenvalue weighted by Gasteiger charge is 2.53. The number of nitrogens with one attached hydrogen (secondary N) is 1. The number of amides is 2. The minimum Gasteiger partial charge on any atom is -0.481 e. The molecule has 2 N–H and O–H groups in total. The van der Waals surface area contributed by atoms with Crippen LogP contribution in [0.15, 0.2) is 42.7 Å².